The molecule has 3 heterocycles. The third kappa shape index (κ3) is 2.93. The number of nitrogen functional groups attached to an aromatic ring is 1. The number of nitriles is 1. The second kappa shape index (κ2) is 5.94. The number of nitrogens with zero attached hydrogens (tertiary/aromatic N) is 2. The van der Waals surface area contributed by atoms with E-state index in [9.17, 15) is 10.1 Å². The number of carbonyl (C=O) groups is 1. The van der Waals surface area contributed by atoms with Crippen molar-refractivity contribution in [1.29, 1.82) is 5.26 Å². The highest BCUT2D eigenvalue weighted by Gasteiger charge is 2.16. The van der Waals surface area contributed by atoms with Crippen LogP contribution in [-0.2, 0) is 11.2 Å². The minimum Gasteiger partial charge on any atom is -0.481 e. The van der Waals surface area contributed by atoms with Gasteiger partial charge in [0.2, 0.25) is 0 Å². The molecule has 6 nitrogen and oxygen atoms in total. The van der Waals surface area contributed by atoms with E-state index in [1.807, 2.05) is 6.07 Å². The van der Waals surface area contributed by atoms with Crippen molar-refractivity contribution in [3.63, 3.8) is 0 Å². The van der Waals surface area contributed by atoms with Gasteiger partial charge in [-0.3, -0.25) is 4.79 Å². The number of hydrogen-bond donors (Lipinski definition) is 2. The Balaban J connectivity index is 2.09. The average Bonchev–Trinajstić information content (AvgIpc) is 3.17. The number of rotatable bonds is 4. The Kier molecular flexibility index (Phi) is 3.83. The summed E-state index contributed by atoms with van der Waals surface area (Å²) in [7, 11) is 0. The number of thiophene rings is 1. The van der Waals surface area contributed by atoms with Crippen LogP contribution >= 0.6 is 11.3 Å². The second-order valence-electron chi connectivity index (χ2n) is 4.79. The van der Waals surface area contributed by atoms with Crippen molar-refractivity contribution >= 4 is 23.1 Å². The maximum absolute atomic E-state index is 10.8. The highest BCUT2D eigenvalue weighted by Crippen LogP contribution is 2.33. The van der Waals surface area contributed by atoms with Gasteiger partial charge in [0.05, 0.1) is 23.3 Å². The molecule has 0 spiro atoms. The van der Waals surface area contributed by atoms with Crippen LogP contribution < -0.4 is 5.73 Å². The van der Waals surface area contributed by atoms with Crippen molar-refractivity contribution in [2.45, 2.75) is 6.42 Å². The van der Waals surface area contributed by atoms with Crippen molar-refractivity contribution in [3.8, 4) is 28.0 Å². The summed E-state index contributed by atoms with van der Waals surface area (Å²) in [6.45, 7) is 0. The van der Waals surface area contributed by atoms with Crippen LogP contribution in [0.4, 0.5) is 5.82 Å². The maximum Gasteiger partial charge on any atom is 0.307 e. The second-order valence-corrected chi connectivity index (χ2v) is 5.71. The summed E-state index contributed by atoms with van der Waals surface area (Å²) in [5.74, 6) is -0.248. The van der Waals surface area contributed by atoms with Crippen LogP contribution in [0.2, 0.25) is 0 Å². The van der Waals surface area contributed by atoms with Crippen LogP contribution in [0.15, 0.2) is 40.3 Å². The lowest BCUT2D eigenvalue weighted by molar-refractivity contribution is -0.136. The van der Waals surface area contributed by atoms with E-state index >= 15 is 0 Å². The zero-order valence-electron chi connectivity index (χ0n) is 11.8. The summed E-state index contributed by atoms with van der Waals surface area (Å²) >= 11 is 1.38. The molecule has 0 radical (unpaired) electrons. The average molecular weight is 325 g/mol. The molecule has 0 unspecified atom stereocenters. The van der Waals surface area contributed by atoms with E-state index in [0.29, 0.717) is 22.6 Å². The van der Waals surface area contributed by atoms with Gasteiger partial charge in [0.25, 0.3) is 0 Å². The molecule has 0 saturated heterocycles. The van der Waals surface area contributed by atoms with E-state index in [1.54, 1.807) is 29.6 Å². The molecule has 3 aromatic heterocycles. The number of aromatic nitrogens is 1. The van der Waals surface area contributed by atoms with Gasteiger partial charge in [-0.05, 0) is 35.2 Å². The first-order valence-electron chi connectivity index (χ1n) is 6.62. The number of pyridine rings is 1. The van der Waals surface area contributed by atoms with Crippen molar-refractivity contribution in [1.82, 2.24) is 4.98 Å². The molecule has 114 valence electrons. The van der Waals surface area contributed by atoms with Crippen LogP contribution in [0.3, 0.4) is 0 Å². The van der Waals surface area contributed by atoms with Gasteiger partial charge in [0, 0.05) is 5.56 Å². The minimum absolute atomic E-state index is 0.0483. The number of hydrogen-bond acceptors (Lipinski definition) is 6. The van der Waals surface area contributed by atoms with E-state index in [4.69, 9.17) is 15.3 Å². The molecule has 0 saturated carbocycles. The predicted octanol–water partition coefficient (Wildman–Crippen LogP) is 3.15. The maximum atomic E-state index is 10.8. The zero-order valence-corrected chi connectivity index (χ0v) is 12.6. The summed E-state index contributed by atoms with van der Waals surface area (Å²) < 4.78 is 5.36. The molecule has 3 rings (SSSR count). The van der Waals surface area contributed by atoms with Crippen molar-refractivity contribution in [3.05, 3.63) is 47.0 Å². The van der Waals surface area contributed by atoms with Crippen molar-refractivity contribution in [2.24, 2.45) is 0 Å². The highest BCUT2D eigenvalue weighted by molar-refractivity contribution is 7.13. The molecular formula is C16H11N3O3S. The summed E-state index contributed by atoms with van der Waals surface area (Å²) in [5.41, 5.74) is 7.99. The molecule has 0 aromatic carbocycles. The normalized spacial score (nSPS) is 10.4. The lowest BCUT2D eigenvalue weighted by Crippen LogP contribution is -1.99. The van der Waals surface area contributed by atoms with Gasteiger partial charge in [-0.2, -0.15) is 5.26 Å². The van der Waals surface area contributed by atoms with Gasteiger partial charge in [-0.15, -0.1) is 11.3 Å². The Labute approximate surface area is 135 Å². The molecule has 7 heteroatoms. The molecule has 0 atom stereocenters. The Morgan fingerprint density at radius 3 is 2.96 bits per heavy atom. The first-order chi connectivity index (χ1) is 11.1. The number of carboxylic acids is 1. The Bertz CT molecular complexity index is 907. The Hall–Kier alpha value is -3.11. The minimum atomic E-state index is -0.891. The first kappa shape index (κ1) is 14.8. The summed E-state index contributed by atoms with van der Waals surface area (Å²) in [4.78, 5) is 15.8. The zero-order chi connectivity index (χ0) is 16.4. The van der Waals surface area contributed by atoms with Crippen molar-refractivity contribution in [2.75, 3.05) is 5.73 Å². The first-order valence-corrected chi connectivity index (χ1v) is 7.50. The molecule has 0 fully saturated rings. The molecule has 3 aromatic rings. The number of carboxylic acid groups (broad SMARTS) is 1. The molecular weight excluding hydrogens is 314 g/mol. The molecule has 0 bridgehead atoms. The van der Waals surface area contributed by atoms with Gasteiger partial charge in [-0.25, -0.2) is 4.98 Å². The lowest BCUT2D eigenvalue weighted by atomic mass is 10.1. The van der Waals surface area contributed by atoms with E-state index in [0.717, 1.165) is 4.88 Å². The SMILES string of the molecule is N#Cc1c(-c2ccco2)cc(-c2cc(CC(=O)O)cs2)nc1N. The third-order valence-electron chi connectivity index (χ3n) is 3.21. The Morgan fingerprint density at radius 2 is 2.30 bits per heavy atom. The van der Waals surface area contributed by atoms with E-state index in [1.165, 1.54) is 17.6 Å². The molecule has 0 aliphatic heterocycles. The van der Waals surface area contributed by atoms with Gasteiger partial charge in [-0.1, -0.05) is 0 Å². The highest BCUT2D eigenvalue weighted by atomic mass is 32.1. The molecule has 0 aliphatic carbocycles. The summed E-state index contributed by atoms with van der Waals surface area (Å²) in [6, 6.07) is 8.99. The smallest absolute Gasteiger partial charge is 0.307 e. The fourth-order valence-electron chi connectivity index (χ4n) is 2.21. The van der Waals surface area contributed by atoms with Crippen LogP contribution in [0, 0.1) is 11.3 Å². The van der Waals surface area contributed by atoms with Gasteiger partial charge < -0.3 is 15.3 Å². The topological polar surface area (TPSA) is 113 Å². The van der Waals surface area contributed by atoms with E-state index < -0.39 is 5.97 Å². The van der Waals surface area contributed by atoms with Gasteiger partial charge >= 0.3 is 5.97 Å². The largest absolute Gasteiger partial charge is 0.481 e. The monoisotopic (exact) mass is 325 g/mol. The quantitative estimate of drug-likeness (QED) is 0.761. The van der Waals surface area contributed by atoms with Crippen LogP contribution in [0.25, 0.3) is 21.9 Å². The van der Waals surface area contributed by atoms with Crippen LogP contribution in [-0.4, -0.2) is 16.1 Å². The molecule has 3 N–H and O–H groups in total. The standard InChI is InChI=1S/C16H11N3O3S/c17-7-11-10(13-2-1-3-22-13)6-12(19-16(11)18)14-4-9(8-23-14)5-15(20)21/h1-4,6,8H,5H2,(H2,18,19)(H,20,21). The summed E-state index contributed by atoms with van der Waals surface area (Å²) in [6.07, 6.45) is 1.47. The Morgan fingerprint density at radius 1 is 1.48 bits per heavy atom. The number of nitrogens with two attached hydrogens (primary N) is 1. The number of furan rings is 1. The van der Waals surface area contributed by atoms with Gasteiger partial charge in [0.1, 0.15) is 23.2 Å². The summed E-state index contributed by atoms with van der Waals surface area (Å²) in [5, 5.41) is 19.9. The number of aliphatic carboxylic acids is 1. The number of anilines is 1. The molecule has 0 amide bonds. The fraction of sp³-hybridized carbons (Fsp3) is 0.0625. The van der Waals surface area contributed by atoms with Crippen molar-refractivity contribution < 1.29 is 14.3 Å². The van der Waals surface area contributed by atoms with E-state index in [2.05, 4.69) is 4.98 Å². The van der Waals surface area contributed by atoms with E-state index in [-0.39, 0.29) is 17.8 Å². The fourth-order valence-corrected chi connectivity index (χ4v) is 3.09. The van der Waals surface area contributed by atoms with Crippen LogP contribution in [0.5, 0.6) is 0 Å². The molecule has 0 aliphatic rings. The van der Waals surface area contributed by atoms with Crippen LogP contribution in [0.1, 0.15) is 11.1 Å². The lowest BCUT2D eigenvalue weighted by Gasteiger charge is -2.06. The predicted molar refractivity (Wildman–Crippen MR) is 85.7 cm³/mol. The molecule has 23 heavy (non-hydrogen) atoms. The third-order valence-corrected chi connectivity index (χ3v) is 4.21. The van der Waals surface area contributed by atoms with Gasteiger partial charge in [0.15, 0.2) is 0 Å².